The number of benzene rings is 1. The molecule has 1 saturated carbocycles. The summed E-state index contributed by atoms with van der Waals surface area (Å²) >= 11 is 0. The molecule has 0 spiro atoms. The smallest absolute Gasteiger partial charge is 0.0466 e. The number of hydrogen-bond donors (Lipinski definition) is 1. The second-order valence-electron chi connectivity index (χ2n) is 7.91. The van der Waals surface area contributed by atoms with E-state index < -0.39 is 0 Å². The molecule has 2 nitrogen and oxygen atoms in total. The Morgan fingerprint density at radius 1 is 1.19 bits per heavy atom. The maximum Gasteiger partial charge on any atom is 0.0466 e. The van der Waals surface area contributed by atoms with Crippen molar-refractivity contribution < 1.29 is 0 Å². The summed E-state index contributed by atoms with van der Waals surface area (Å²) in [5.41, 5.74) is 1.88. The SMILES string of the molecule is CC1CC(NCC(c2ccccc2)N(C)C)CC(C)(C)C1. The second kappa shape index (κ2) is 6.93. The number of rotatable bonds is 5. The van der Waals surface area contributed by atoms with Gasteiger partial charge in [0.05, 0.1) is 0 Å². The van der Waals surface area contributed by atoms with Gasteiger partial charge >= 0.3 is 0 Å². The molecule has 0 heterocycles. The number of likely N-dealkylation sites (N-methyl/N-ethyl adjacent to an activating group) is 1. The maximum absolute atomic E-state index is 3.85. The van der Waals surface area contributed by atoms with Gasteiger partial charge in [-0.3, -0.25) is 0 Å². The van der Waals surface area contributed by atoms with Gasteiger partial charge in [0.1, 0.15) is 0 Å². The van der Waals surface area contributed by atoms with Crippen LogP contribution in [0.2, 0.25) is 0 Å². The quantitative estimate of drug-likeness (QED) is 0.878. The van der Waals surface area contributed by atoms with Gasteiger partial charge in [0, 0.05) is 18.6 Å². The van der Waals surface area contributed by atoms with Gasteiger partial charge in [-0.15, -0.1) is 0 Å². The molecule has 3 unspecified atom stereocenters. The molecule has 2 heteroatoms. The van der Waals surface area contributed by atoms with Crippen molar-refractivity contribution in [1.29, 1.82) is 0 Å². The van der Waals surface area contributed by atoms with Gasteiger partial charge < -0.3 is 10.2 Å². The molecular weight excluding hydrogens is 256 g/mol. The molecule has 0 aliphatic heterocycles. The predicted octanol–water partition coefficient (Wildman–Crippen LogP) is 4.09. The Morgan fingerprint density at radius 3 is 2.43 bits per heavy atom. The fourth-order valence-electron chi connectivity index (χ4n) is 4.05. The van der Waals surface area contributed by atoms with Gasteiger partial charge in [-0.05, 0) is 50.3 Å². The Morgan fingerprint density at radius 2 is 1.86 bits per heavy atom. The summed E-state index contributed by atoms with van der Waals surface area (Å²) in [6, 6.07) is 11.9. The predicted molar refractivity (Wildman–Crippen MR) is 91.5 cm³/mol. The summed E-state index contributed by atoms with van der Waals surface area (Å²) in [7, 11) is 4.35. The van der Waals surface area contributed by atoms with E-state index >= 15 is 0 Å². The molecule has 3 atom stereocenters. The molecule has 0 saturated heterocycles. The van der Waals surface area contributed by atoms with E-state index in [2.05, 4.69) is 75.4 Å². The molecule has 1 aromatic carbocycles. The van der Waals surface area contributed by atoms with Gasteiger partial charge in [0.2, 0.25) is 0 Å². The highest BCUT2D eigenvalue weighted by Gasteiger charge is 2.32. The summed E-state index contributed by atoms with van der Waals surface area (Å²) in [5.74, 6) is 0.834. The number of nitrogens with zero attached hydrogens (tertiary/aromatic N) is 1. The molecule has 1 aliphatic rings. The average molecular weight is 288 g/mol. The first kappa shape index (κ1) is 16.5. The van der Waals surface area contributed by atoms with Crippen molar-refractivity contribution in [2.75, 3.05) is 20.6 Å². The largest absolute Gasteiger partial charge is 0.312 e. The van der Waals surface area contributed by atoms with Crippen molar-refractivity contribution in [3.8, 4) is 0 Å². The third kappa shape index (κ3) is 4.82. The van der Waals surface area contributed by atoms with Gasteiger partial charge in [0.25, 0.3) is 0 Å². The van der Waals surface area contributed by atoms with E-state index in [9.17, 15) is 0 Å². The van der Waals surface area contributed by atoms with Crippen LogP contribution in [-0.2, 0) is 0 Å². The topological polar surface area (TPSA) is 15.3 Å². The molecule has 118 valence electrons. The summed E-state index contributed by atoms with van der Waals surface area (Å²) in [5, 5.41) is 3.85. The van der Waals surface area contributed by atoms with E-state index in [4.69, 9.17) is 0 Å². The maximum atomic E-state index is 3.85. The van der Waals surface area contributed by atoms with Crippen LogP contribution in [0.1, 0.15) is 51.6 Å². The lowest BCUT2D eigenvalue weighted by Crippen LogP contribution is -2.43. The van der Waals surface area contributed by atoms with Crippen molar-refractivity contribution in [1.82, 2.24) is 10.2 Å². The van der Waals surface area contributed by atoms with Crippen molar-refractivity contribution in [3.05, 3.63) is 35.9 Å². The summed E-state index contributed by atoms with van der Waals surface area (Å²) in [6.07, 6.45) is 3.98. The first-order valence-corrected chi connectivity index (χ1v) is 8.32. The highest BCUT2D eigenvalue weighted by molar-refractivity contribution is 5.19. The van der Waals surface area contributed by atoms with Crippen molar-refractivity contribution in [2.45, 2.75) is 52.1 Å². The van der Waals surface area contributed by atoms with E-state index in [1.807, 2.05) is 0 Å². The van der Waals surface area contributed by atoms with E-state index in [0.717, 1.165) is 12.5 Å². The fraction of sp³-hybridized carbons (Fsp3) is 0.684. The third-order valence-electron chi connectivity index (χ3n) is 4.79. The molecule has 2 rings (SSSR count). The summed E-state index contributed by atoms with van der Waals surface area (Å²) in [6.45, 7) is 8.26. The van der Waals surface area contributed by atoms with Crippen molar-refractivity contribution in [3.63, 3.8) is 0 Å². The summed E-state index contributed by atoms with van der Waals surface area (Å²) < 4.78 is 0. The van der Waals surface area contributed by atoms with Crippen molar-refractivity contribution in [2.24, 2.45) is 11.3 Å². The Bertz CT molecular complexity index is 424. The minimum absolute atomic E-state index is 0.451. The first-order valence-electron chi connectivity index (χ1n) is 8.32. The third-order valence-corrected chi connectivity index (χ3v) is 4.79. The molecule has 0 aromatic heterocycles. The zero-order valence-corrected chi connectivity index (χ0v) is 14.4. The standard InChI is InChI=1S/C19H32N2/c1-15-11-17(13-19(2,3)12-15)20-14-18(21(4)5)16-9-7-6-8-10-16/h6-10,15,17-18,20H,11-14H2,1-5H3. The van der Waals surface area contributed by atoms with Crippen LogP contribution in [0.5, 0.6) is 0 Å². The van der Waals surface area contributed by atoms with Crippen LogP contribution in [0.15, 0.2) is 30.3 Å². The van der Waals surface area contributed by atoms with Gasteiger partial charge in [-0.25, -0.2) is 0 Å². The molecule has 0 amide bonds. The van der Waals surface area contributed by atoms with E-state index in [-0.39, 0.29) is 0 Å². The van der Waals surface area contributed by atoms with Crippen LogP contribution >= 0.6 is 0 Å². The molecule has 21 heavy (non-hydrogen) atoms. The molecule has 0 bridgehead atoms. The molecule has 1 aliphatic carbocycles. The Hall–Kier alpha value is -0.860. The minimum atomic E-state index is 0.451. The highest BCUT2D eigenvalue weighted by atomic mass is 15.1. The van der Waals surface area contributed by atoms with Crippen LogP contribution in [0.25, 0.3) is 0 Å². The molecule has 1 fully saturated rings. The highest BCUT2D eigenvalue weighted by Crippen LogP contribution is 2.38. The molecule has 0 radical (unpaired) electrons. The zero-order valence-electron chi connectivity index (χ0n) is 14.4. The van der Waals surface area contributed by atoms with E-state index in [0.29, 0.717) is 17.5 Å². The number of nitrogens with one attached hydrogen (secondary N) is 1. The first-order chi connectivity index (χ1) is 9.87. The normalized spacial score (nSPS) is 26.8. The van der Waals surface area contributed by atoms with Crippen LogP contribution in [0.4, 0.5) is 0 Å². The van der Waals surface area contributed by atoms with Crippen LogP contribution < -0.4 is 5.32 Å². The Kier molecular flexibility index (Phi) is 5.45. The Balaban J connectivity index is 1.96. The monoisotopic (exact) mass is 288 g/mol. The molecule has 1 aromatic rings. The Labute approximate surface area is 130 Å². The van der Waals surface area contributed by atoms with Crippen LogP contribution in [0.3, 0.4) is 0 Å². The number of hydrogen-bond acceptors (Lipinski definition) is 2. The van der Waals surface area contributed by atoms with Gasteiger partial charge in [0.15, 0.2) is 0 Å². The lowest BCUT2D eigenvalue weighted by molar-refractivity contribution is 0.145. The lowest BCUT2D eigenvalue weighted by Gasteiger charge is -2.40. The molecule has 1 N–H and O–H groups in total. The fourth-order valence-corrected chi connectivity index (χ4v) is 4.05. The van der Waals surface area contributed by atoms with Crippen LogP contribution in [0, 0.1) is 11.3 Å². The van der Waals surface area contributed by atoms with Crippen molar-refractivity contribution >= 4 is 0 Å². The summed E-state index contributed by atoms with van der Waals surface area (Å²) in [4.78, 5) is 2.32. The van der Waals surface area contributed by atoms with Crippen LogP contribution in [-0.4, -0.2) is 31.6 Å². The van der Waals surface area contributed by atoms with E-state index in [1.165, 1.54) is 24.8 Å². The second-order valence-corrected chi connectivity index (χ2v) is 7.91. The van der Waals surface area contributed by atoms with Gasteiger partial charge in [-0.1, -0.05) is 51.1 Å². The molecular formula is C19H32N2. The average Bonchev–Trinajstić information content (AvgIpc) is 2.37. The lowest BCUT2D eigenvalue weighted by atomic mass is 9.70. The minimum Gasteiger partial charge on any atom is -0.312 e. The van der Waals surface area contributed by atoms with Gasteiger partial charge in [-0.2, -0.15) is 0 Å². The zero-order chi connectivity index (χ0) is 15.5. The van der Waals surface area contributed by atoms with E-state index in [1.54, 1.807) is 0 Å².